The maximum atomic E-state index is 13.6. The van der Waals surface area contributed by atoms with Crippen LogP contribution in [0.2, 0.25) is 0 Å². The number of nitrogens with one attached hydrogen (secondary N) is 1. The average molecular weight is 463 g/mol. The van der Waals surface area contributed by atoms with Gasteiger partial charge in [-0.3, -0.25) is 4.90 Å². The average Bonchev–Trinajstić information content (AvgIpc) is 3.32. The Kier molecular flexibility index (Phi) is 6.13. The van der Waals surface area contributed by atoms with Gasteiger partial charge in [-0.05, 0) is 38.9 Å². The van der Waals surface area contributed by atoms with Gasteiger partial charge in [-0.2, -0.15) is 4.68 Å². The first-order valence-corrected chi connectivity index (χ1v) is 11.0. The fourth-order valence-electron chi connectivity index (χ4n) is 4.16. The molecule has 10 heteroatoms. The SMILES string of the molecule is O=C(NCc1cccc2ccccc12)N1CCN(Cc2nnnn2-c2ccc(F)c(F)c2)CC1. The highest BCUT2D eigenvalue weighted by Gasteiger charge is 2.23. The molecule has 34 heavy (non-hydrogen) atoms. The molecule has 0 radical (unpaired) electrons. The minimum Gasteiger partial charge on any atom is -0.334 e. The highest BCUT2D eigenvalue weighted by Crippen LogP contribution is 2.19. The number of carbonyl (C=O) groups is 1. The molecule has 174 valence electrons. The summed E-state index contributed by atoms with van der Waals surface area (Å²) in [6, 6.07) is 17.6. The number of aromatic nitrogens is 4. The Morgan fingerprint density at radius 2 is 1.74 bits per heavy atom. The van der Waals surface area contributed by atoms with Gasteiger partial charge in [0.05, 0.1) is 12.2 Å². The zero-order valence-electron chi connectivity index (χ0n) is 18.4. The molecule has 3 aromatic carbocycles. The van der Waals surface area contributed by atoms with Crippen LogP contribution in [0.25, 0.3) is 16.5 Å². The van der Waals surface area contributed by atoms with Crippen LogP contribution in [0.3, 0.4) is 0 Å². The van der Waals surface area contributed by atoms with Gasteiger partial charge in [-0.1, -0.05) is 42.5 Å². The molecule has 4 aromatic rings. The number of nitrogens with zero attached hydrogens (tertiary/aromatic N) is 6. The van der Waals surface area contributed by atoms with E-state index in [-0.39, 0.29) is 6.03 Å². The Bertz CT molecular complexity index is 1310. The highest BCUT2D eigenvalue weighted by molar-refractivity contribution is 5.86. The van der Waals surface area contributed by atoms with E-state index in [1.165, 1.54) is 10.7 Å². The molecule has 1 aliphatic rings. The number of halogens is 2. The van der Waals surface area contributed by atoms with E-state index < -0.39 is 11.6 Å². The zero-order valence-corrected chi connectivity index (χ0v) is 18.4. The van der Waals surface area contributed by atoms with Crippen LogP contribution >= 0.6 is 0 Å². The van der Waals surface area contributed by atoms with Crippen molar-refractivity contribution in [2.75, 3.05) is 26.2 Å². The van der Waals surface area contributed by atoms with Crippen molar-refractivity contribution in [3.63, 3.8) is 0 Å². The van der Waals surface area contributed by atoms with Gasteiger partial charge in [0.15, 0.2) is 17.5 Å². The summed E-state index contributed by atoms with van der Waals surface area (Å²) in [6.45, 7) is 3.31. The molecule has 5 rings (SSSR count). The molecule has 1 aliphatic heterocycles. The number of fused-ring (bicyclic) bond motifs is 1. The lowest BCUT2D eigenvalue weighted by atomic mass is 10.0. The summed E-state index contributed by atoms with van der Waals surface area (Å²) in [5, 5.41) is 16.9. The summed E-state index contributed by atoms with van der Waals surface area (Å²) in [4.78, 5) is 16.6. The molecular weight excluding hydrogens is 440 g/mol. The van der Waals surface area contributed by atoms with Crippen LogP contribution in [0, 0.1) is 11.6 Å². The van der Waals surface area contributed by atoms with Gasteiger partial charge in [0.25, 0.3) is 0 Å². The van der Waals surface area contributed by atoms with Gasteiger partial charge in [-0.25, -0.2) is 13.6 Å². The third-order valence-corrected chi connectivity index (χ3v) is 6.02. The Labute approximate surface area is 194 Å². The predicted molar refractivity (Wildman–Crippen MR) is 122 cm³/mol. The summed E-state index contributed by atoms with van der Waals surface area (Å²) < 4.78 is 28.3. The Morgan fingerprint density at radius 3 is 2.56 bits per heavy atom. The van der Waals surface area contributed by atoms with Crippen molar-refractivity contribution in [3.8, 4) is 5.69 Å². The van der Waals surface area contributed by atoms with Crippen LogP contribution in [-0.4, -0.2) is 62.2 Å². The summed E-state index contributed by atoms with van der Waals surface area (Å²) in [5.74, 6) is -1.37. The molecule has 1 aromatic heterocycles. The molecule has 2 heterocycles. The number of rotatable bonds is 5. The lowest BCUT2D eigenvalue weighted by Crippen LogP contribution is -2.51. The van der Waals surface area contributed by atoms with Gasteiger partial charge in [0.2, 0.25) is 0 Å². The van der Waals surface area contributed by atoms with E-state index >= 15 is 0 Å². The predicted octanol–water partition coefficient (Wildman–Crippen LogP) is 3.12. The summed E-state index contributed by atoms with van der Waals surface area (Å²) in [7, 11) is 0. The third kappa shape index (κ3) is 4.58. The van der Waals surface area contributed by atoms with Crippen molar-refractivity contribution in [2.45, 2.75) is 13.1 Å². The number of tetrazole rings is 1. The fourth-order valence-corrected chi connectivity index (χ4v) is 4.16. The van der Waals surface area contributed by atoms with Crippen molar-refractivity contribution < 1.29 is 13.6 Å². The van der Waals surface area contributed by atoms with Crippen LogP contribution in [0.5, 0.6) is 0 Å². The number of hydrogen-bond acceptors (Lipinski definition) is 5. The zero-order chi connectivity index (χ0) is 23.5. The number of benzene rings is 3. The van der Waals surface area contributed by atoms with Crippen molar-refractivity contribution in [2.24, 2.45) is 0 Å². The van der Waals surface area contributed by atoms with E-state index in [2.05, 4.69) is 43.9 Å². The second kappa shape index (κ2) is 9.52. The molecule has 8 nitrogen and oxygen atoms in total. The number of amides is 2. The monoisotopic (exact) mass is 463 g/mol. The maximum Gasteiger partial charge on any atom is 0.317 e. The van der Waals surface area contributed by atoms with Gasteiger partial charge < -0.3 is 10.2 Å². The molecule has 0 atom stereocenters. The van der Waals surface area contributed by atoms with Crippen LogP contribution in [-0.2, 0) is 13.1 Å². The molecule has 0 saturated carbocycles. The van der Waals surface area contributed by atoms with Crippen molar-refractivity contribution in [3.05, 3.63) is 83.7 Å². The highest BCUT2D eigenvalue weighted by atomic mass is 19.2. The largest absolute Gasteiger partial charge is 0.334 e. The second-order valence-corrected chi connectivity index (χ2v) is 8.17. The number of piperazine rings is 1. The van der Waals surface area contributed by atoms with Gasteiger partial charge in [-0.15, -0.1) is 5.10 Å². The third-order valence-electron chi connectivity index (χ3n) is 6.02. The van der Waals surface area contributed by atoms with E-state index in [0.717, 1.165) is 28.5 Å². The molecule has 1 saturated heterocycles. The molecule has 0 spiro atoms. The van der Waals surface area contributed by atoms with E-state index in [9.17, 15) is 13.6 Å². The Balaban J connectivity index is 1.16. The van der Waals surface area contributed by atoms with Crippen molar-refractivity contribution in [1.82, 2.24) is 35.3 Å². The van der Waals surface area contributed by atoms with E-state index in [0.29, 0.717) is 50.8 Å². The minimum atomic E-state index is -0.956. The van der Waals surface area contributed by atoms with Crippen molar-refractivity contribution in [1.29, 1.82) is 0 Å². The lowest BCUT2D eigenvalue weighted by molar-refractivity contribution is 0.133. The number of hydrogen-bond donors (Lipinski definition) is 1. The lowest BCUT2D eigenvalue weighted by Gasteiger charge is -2.34. The first kappa shape index (κ1) is 21.9. The minimum absolute atomic E-state index is 0.0980. The van der Waals surface area contributed by atoms with Crippen molar-refractivity contribution >= 4 is 16.8 Å². The fraction of sp³-hybridized carbons (Fsp3) is 0.250. The van der Waals surface area contributed by atoms with E-state index in [4.69, 9.17) is 0 Å². The standard InChI is InChI=1S/C24H23F2N7O/c25-21-9-8-19(14-22(21)26)33-23(28-29-30-33)16-31-10-12-32(13-11-31)24(34)27-15-18-6-3-5-17-4-1-2-7-20(17)18/h1-9,14H,10-13,15-16H2,(H,27,34). The molecule has 0 bridgehead atoms. The van der Waals surface area contributed by atoms with Crippen LogP contribution in [0.15, 0.2) is 60.7 Å². The number of urea groups is 1. The van der Waals surface area contributed by atoms with Gasteiger partial charge in [0, 0.05) is 38.8 Å². The molecule has 0 aliphatic carbocycles. The van der Waals surface area contributed by atoms with Crippen LogP contribution < -0.4 is 5.32 Å². The molecular formula is C24H23F2N7O. The van der Waals surface area contributed by atoms with Crippen LogP contribution in [0.1, 0.15) is 11.4 Å². The first-order valence-electron chi connectivity index (χ1n) is 11.0. The first-order chi connectivity index (χ1) is 16.6. The Hall–Kier alpha value is -3.92. The summed E-state index contributed by atoms with van der Waals surface area (Å²) in [5.41, 5.74) is 1.43. The van der Waals surface area contributed by atoms with Crippen LogP contribution in [0.4, 0.5) is 13.6 Å². The normalized spacial score (nSPS) is 14.5. The molecule has 1 fully saturated rings. The maximum absolute atomic E-state index is 13.6. The Morgan fingerprint density at radius 1 is 0.941 bits per heavy atom. The molecule has 0 unspecified atom stereocenters. The smallest absolute Gasteiger partial charge is 0.317 e. The van der Waals surface area contributed by atoms with Gasteiger partial charge in [0.1, 0.15) is 0 Å². The molecule has 1 N–H and O–H groups in total. The quantitative estimate of drug-likeness (QED) is 0.492. The summed E-state index contributed by atoms with van der Waals surface area (Å²) >= 11 is 0. The van der Waals surface area contributed by atoms with E-state index in [1.807, 2.05) is 24.3 Å². The molecule has 2 amide bonds. The number of carbonyl (C=O) groups excluding carboxylic acids is 1. The second-order valence-electron chi connectivity index (χ2n) is 8.17. The van der Waals surface area contributed by atoms with E-state index in [1.54, 1.807) is 4.90 Å². The summed E-state index contributed by atoms with van der Waals surface area (Å²) in [6.07, 6.45) is 0. The topological polar surface area (TPSA) is 79.2 Å². The van der Waals surface area contributed by atoms with Gasteiger partial charge >= 0.3 is 6.03 Å².